The van der Waals surface area contributed by atoms with Gasteiger partial charge in [0.15, 0.2) is 5.11 Å². The zero-order chi connectivity index (χ0) is 21.4. The zero-order valence-corrected chi connectivity index (χ0v) is 19.2. The van der Waals surface area contributed by atoms with Gasteiger partial charge in [0.05, 0.1) is 17.1 Å². The molecule has 2 rings (SSSR count). The number of carbonyl (C=O) groups excluding carboxylic acids is 1. The summed E-state index contributed by atoms with van der Waals surface area (Å²) in [6.45, 7) is 4.51. The van der Waals surface area contributed by atoms with Gasteiger partial charge >= 0.3 is 0 Å². The maximum atomic E-state index is 12.6. The van der Waals surface area contributed by atoms with Crippen LogP contribution in [0.4, 0.5) is 5.69 Å². The highest BCUT2D eigenvalue weighted by Gasteiger charge is 2.16. The first-order valence-corrected chi connectivity index (χ1v) is 11.6. The molecule has 29 heavy (non-hydrogen) atoms. The van der Waals surface area contributed by atoms with Crippen molar-refractivity contribution in [2.45, 2.75) is 25.2 Å². The van der Waals surface area contributed by atoms with Crippen molar-refractivity contribution in [3.05, 3.63) is 52.5 Å². The second-order valence-electron chi connectivity index (χ2n) is 5.90. The average Bonchev–Trinajstić information content (AvgIpc) is 2.68. The minimum atomic E-state index is -3.54. The summed E-state index contributed by atoms with van der Waals surface area (Å²) in [6, 6.07) is 11.2. The normalized spacial score (nSPS) is 11.0. The van der Waals surface area contributed by atoms with Crippen molar-refractivity contribution in [1.82, 2.24) is 10.0 Å². The molecule has 0 aromatic heterocycles. The number of sulfonamides is 1. The fourth-order valence-corrected chi connectivity index (χ4v) is 4.04. The Morgan fingerprint density at radius 1 is 1.14 bits per heavy atom. The van der Waals surface area contributed by atoms with Crippen LogP contribution in [0.15, 0.2) is 51.8 Å². The van der Waals surface area contributed by atoms with Gasteiger partial charge in [0.2, 0.25) is 10.0 Å². The third-order valence-corrected chi connectivity index (χ3v) is 5.85. The lowest BCUT2D eigenvalue weighted by Gasteiger charge is -2.13. The lowest BCUT2D eigenvalue weighted by atomic mass is 10.2. The molecule has 0 saturated heterocycles. The minimum Gasteiger partial charge on any atom is -0.493 e. The Kier molecular flexibility index (Phi) is 8.57. The van der Waals surface area contributed by atoms with E-state index in [1.165, 1.54) is 12.1 Å². The van der Waals surface area contributed by atoms with Gasteiger partial charge in [-0.15, -0.1) is 0 Å². The molecule has 0 unspecified atom stereocenters. The molecule has 0 heterocycles. The molecule has 1 amide bonds. The molecule has 0 radical (unpaired) electrons. The third-order valence-electron chi connectivity index (χ3n) is 3.68. The van der Waals surface area contributed by atoms with E-state index in [0.717, 1.165) is 4.47 Å². The summed E-state index contributed by atoms with van der Waals surface area (Å²) < 4.78 is 32.9. The summed E-state index contributed by atoms with van der Waals surface area (Å²) in [5.74, 6) is 0.0281. The van der Waals surface area contributed by atoms with E-state index in [-0.39, 0.29) is 10.0 Å². The Balaban J connectivity index is 2.04. The van der Waals surface area contributed by atoms with Gasteiger partial charge < -0.3 is 10.1 Å². The van der Waals surface area contributed by atoms with E-state index in [1.807, 2.05) is 13.8 Å². The standard InChI is InChI=1S/C19H22BrN3O4S2/c1-3-11-21-29(25,26)15-8-6-14(7-9-15)22-19(28)23-18(24)16-12-13(20)5-10-17(16)27-4-2/h5-10,12,21H,3-4,11H2,1-2H3,(H2,22,23,24,28). The number of ether oxygens (including phenoxy) is 1. The Bertz CT molecular complexity index is 979. The van der Waals surface area contributed by atoms with Gasteiger partial charge in [-0.05, 0) is 68.0 Å². The average molecular weight is 500 g/mol. The van der Waals surface area contributed by atoms with E-state index in [9.17, 15) is 13.2 Å². The molecule has 0 atom stereocenters. The Labute approximate surface area is 184 Å². The highest BCUT2D eigenvalue weighted by molar-refractivity contribution is 9.10. The van der Waals surface area contributed by atoms with Crippen molar-refractivity contribution < 1.29 is 17.9 Å². The van der Waals surface area contributed by atoms with Crippen LogP contribution in [0.2, 0.25) is 0 Å². The zero-order valence-electron chi connectivity index (χ0n) is 16.0. The minimum absolute atomic E-state index is 0.0807. The SMILES string of the molecule is CCCNS(=O)(=O)c1ccc(NC(=S)NC(=O)c2cc(Br)ccc2OCC)cc1. The lowest BCUT2D eigenvalue weighted by Crippen LogP contribution is -2.34. The molecule has 0 saturated carbocycles. The fraction of sp³-hybridized carbons (Fsp3) is 0.263. The molecule has 0 fully saturated rings. The molecular formula is C19H22BrN3O4S2. The van der Waals surface area contributed by atoms with Gasteiger partial charge in [0, 0.05) is 16.7 Å². The van der Waals surface area contributed by atoms with Crippen molar-refractivity contribution in [1.29, 1.82) is 0 Å². The Hall–Kier alpha value is -2.01. The largest absolute Gasteiger partial charge is 0.493 e. The van der Waals surface area contributed by atoms with Crippen LogP contribution in [-0.4, -0.2) is 32.6 Å². The van der Waals surface area contributed by atoms with Crippen LogP contribution in [0.3, 0.4) is 0 Å². The Morgan fingerprint density at radius 3 is 2.45 bits per heavy atom. The van der Waals surface area contributed by atoms with Gasteiger partial charge in [0.25, 0.3) is 5.91 Å². The monoisotopic (exact) mass is 499 g/mol. The number of hydrogen-bond acceptors (Lipinski definition) is 5. The first-order valence-electron chi connectivity index (χ1n) is 8.91. The van der Waals surface area contributed by atoms with Gasteiger partial charge in [0.1, 0.15) is 5.75 Å². The van der Waals surface area contributed by atoms with Crippen molar-refractivity contribution >= 4 is 54.9 Å². The van der Waals surface area contributed by atoms with Gasteiger partial charge in [-0.3, -0.25) is 10.1 Å². The molecule has 0 aliphatic rings. The molecule has 0 spiro atoms. The van der Waals surface area contributed by atoms with E-state index in [4.69, 9.17) is 17.0 Å². The molecule has 3 N–H and O–H groups in total. The molecular weight excluding hydrogens is 478 g/mol. The van der Waals surface area contributed by atoms with Gasteiger partial charge in [-0.1, -0.05) is 22.9 Å². The molecule has 2 aromatic rings. The predicted octanol–water partition coefficient (Wildman–Crippen LogP) is 3.66. The quantitative estimate of drug-likeness (QED) is 0.479. The molecule has 0 bridgehead atoms. The number of anilines is 1. The molecule has 0 aliphatic carbocycles. The number of rotatable bonds is 8. The first kappa shape index (κ1) is 23.3. The number of carbonyl (C=O) groups is 1. The van der Waals surface area contributed by atoms with Gasteiger partial charge in [-0.25, -0.2) is 13.1 Å². The summed E-state index contributed by atoms with van der Waals surface area (Å²) in [7, 11) is -3.54. The van der Waals surface area contributed by atoms with Crippen LogP contribution in [0.5, 0.6) is 5.75 Å². The topological polar surface area (TPSA) is 96.5 Å². The smallest absolute Gasteiger partial charge is 0.261 e. The van der Waals surface area contributed by atoms with Crippen molar-refractivity contribution in [3.8, 4) is 5.75 Å². The van der Waals surface area contributed by atoms with Crippen LogP contribution in [0.1, 0.15) is 30.6 Å². The number of benzene rings is 2. The lowest BCUT2D eigenvalue weighted by molar-refractivity contribution is 0.0974. The molecule has 156 valence electrons. The van der Waals surface area contributed by atoms with Gasteiger partial charge in [-0.2, -0.15) is 0 Å². The summed E-state index contributed by atoms with van der Waals surface area (Å²) in [6.07, 6.45) is 0.704. The highest BCUT2D eigenvalue weighted by Crippen LogP contribution is 2.23. The molecule has 2 aromatic carbocycles. The summed E-state index contributed by atoms with van der Waals surface area (Å²) >= 11 is 8.53. The highest BCUT2D eigenvalue weighted by atomic mass is 79.9. The summed E-state index contributed by atoms with van der Waals surface area (Å²) in [5, 5.41) is 5.54. The summed E-state index contributed by atoms with van der Waals surface area (Å²) in [4.78, 5) is 12.7. The number of amides is 1. The second-order valence-corrected chi connectivity index (χ2v) is 8.99. The molecule has 0 aliphatic heterocycles. The van der Waals surface area contributed by atoms with E-state index < -0.39 is 15.9 Å². The van der Waals surface area contributed by atoms with Crippen LogP contribution >= 0.6 is 28.1 Å². The summed E-state index contributed by atoms with van der Waals surface area (Å²) in [5.41, 5.74) is 0.887. The number of thiocarbonyl (C=S) groups is 1. The van der Waals surface area contributed by atoms with Crippen molar-refractivity contribution in [2.75, 3.05) is 18.5 Å². The van der Waals surface area contributed by atoms with Crippen LogP contribution < -0.4 is 20.1 Å². The predicted molar refractivity (Wildman–Crippen MR) is 121 cm³/mol. The van der Waals surface area contributed by atoms with E-state index in [2.05, 4.69) is 31.3 Å². The number of hydrogen-bond donors (Lipinski definition) is 3. The number of halogens is 1. The fourth-order valence-electron chi connectivity index (χ4n) is 2.33. The van der Waals surface area contributed by atoms with Crippen LogP contribution in [-0.2, 0) is 10.0 Å². The van der Waals surface area contributed by atoms with E-state index in [1.54, 1.807) is 30.3 Å². The van der Waals surface area contributed by atoms with E-state index >= 15 is 0 Å². The van der Waals surface area contributed by atoms with Crippen molar-refractivity contribution in [3.63, 3.8) is 0 Å². The first-order chi connectivity index (χ1) is 13.8. The Morgan fingerprint density at radius 2 is 1.83 bits per heavy atom. The second kappa shape index (κ2) is 10.7. The van der Waals surface area contributed by atoms with Crippen LogP contribution in [0, 0.1) is 0 Å². The molecule has 7 nitrogen and oxygen atoms in total. The molecule has 10 heteroatoms. The maximum Gasteiger partial charge on any atom is 0.261 e. The number of nitrogens with one attached hydrogen (secondary N) is 3. The van der Waals surface area contributed by atoms with Crippen LogP contribution in [0.25, 0.3) is 0 Å². The maximum absolute atomic E-state index is 12.6. The third kappa shape index (κ3) is 6.77. The van der Waals surface area contributed by atoms with E-state index in [0.29, 0.717) is 36.6 Å². The van der Waals surface area contributed by atoms with Crippen molar-refractivity contribution in [2.24, 2.45) is 0 Å².